The summed E-state index contributed by atoms with van der Waals surface area (Å²) in [6.45, 7) is 1.75. The van der Waals surface area contributed by atoms with Gasteiger partial charge in [0.05, 0.1) is 6.42 Å². The largest absolute Gasteiger partial charge is 0.340 e. The molecule has 3 rings (SSSR count). The van der Waals surface area contributed by atoms with Crippen molar-refractivity contribution in [3.05, 3.63) is 35.6 Å². The Kier molecular flexibility index (Phi) is 2.92. The van der Waals surface area contributed by atoms with E-state index in [1.54, 1.807) is 6.92 Å². The second-order valence-electron chi connectivity index (χ2n) is 4.48. The molecule has 94 valence electrons. The summed E-state index contributed by atoms with van der Waals surface area (Å²) in [7, 11) is 0. The van der Waals surface area contributed by atoms with Crippen LogP contribution in [0.4, 0.5) is 0 Å². The van der Waals surface area contributed by atoms with Crippen molar-refractivity contribution in [3.8, 4) is 0 Å². The van der Waals surface area contributed by atoms with Crippen molar-refractivity contribution < 1.29 is 9.05 Å². The molecule has 2 aromatic rings. The lowest BCUT2D eigenvalue weighted by molar-refractivity contribution is 0.359. The van der Waals surface area contributed by atoms with Gasteiger partial charge in [0.1, 0.15) is 0 Å². The molecular formula is C12H14N4O2. The van der Waals surface area contributed by atoms with Crippen LogP contribution in [0, 0.1) is 12.8 Å². The number of allylic oxidation sites excluding steroid dienone is 2. The van der Waals surface area contributed by atoms with Crippen LogP contribution in [0.2, 0.25) is 0 Å². The van der Waals surface area contributed by atoms with Gasteiger partial charge in [-0.05, 0) is 18.8 Å². The number of hydrogen-bond donors (Lipinski definition) is 0. The molecular weight excluding hydrogens is 232 g/mol. The molecule has 2 heterocycles. The van der Waals surface area contributed by atoms with E-state index in [9.17, 15) is 0 Å². The van der Waals surface area contributed by atoms with Gasteiger partial charge in [0.15, 0.2) is 11.6 Å². The van der Waals surface area contributed by atoms with E-state index in [0.717, 1.165) is 12.8 Å². The molecule has 0 N–H and O–H groups in total. The van der Waals surface area contributed by atoms with E-state index in [4.69, 9.17) is 9.05 Å². The van der Waals surface area contributed by atoms with Crippen LogP contribution in [0.3, 0.4) is 0 Å². The van der Waals surface area contributed by atoms with E-state index in [1.165, 1.54) is 6.42 Å². The summed E-state index contributed by atoms with van der Waals surface area (Å²) in [5, 5.41) is 7.74. The van der Waals surface area contributed by atoms with Crippen LogP contribution in [0.25, 0.3) is 0 Å². The molecule has 0 spiro atoms. The number of hydrogen-bond acceptors (Lipinski definition) is 6. The molecule has 1 aliphatic carbocycles. The van der Waals surface area contributed by atoms with Crippen LogP contribution in [0.15, 0.2) is 21.2 Å². The quantitative estimate of drug-likeness (QED) is 0.766. The highest BCUT2D eigenvalue weighted by Gasteiger charge is 2.16. The fraction of sp³-hybridized carbons (Fsp3) is 0.500. The zero-order chi connectivity index (χ0) is 12.4. The second-order valence-corrected chi connectivity index (χ2v) is 4.48. The van der Waals surface area contributed by atoms with Crippen molar-refractivity contribution in [2.24, 2.45) is 5.92 Å². The topological polar surface area (TPSA) is 77.8 Å². The Morgan fingerprint density at radius 2 is 2.06 bits per heavy atom. The monoisotopic (exact) mass is 246 g/mol. The predicted molar refractivity (Wildman–Crippen MR) is 61.7 cm³/mol. The highest BCUT2D eigenvalue weighted by atomic mass is 16.5. The van der Waals surface area contributed by atoms with Gasteiger partial charge in [-0.2, -0.15) is 9.97 Å². The van der Waals surface area contributed by atoms with Gasteiger partial charge < -0.3 is 9.05 Å². The molecule has 0 amide bonds. The molecule has 0 bridgehead atoms. The zero-order valence-corrected chi connectivity index (χ0v) is 10.2. The maximum Gasteiger partial charge on any atom is 0.227 e. The Bertz CT molecular complexity index is 558. The lowest BCUT2D eigenvalue weighted by atomic mass is 10.1. The molecule has 1 aliphatic rings. The van der Waals surface area contributed by atoms with Crippen LogP contribution in [0.1, 0.15) is 36.3 Å². The standard InChI is InChI=1S/C12H14N4O2/c1-8-13-10(15-17-8)7-11-14-12(18-16-11)6-9-4-2-3-5-9/h2,4,9H,3,5-7H2,1H3/t9-/m0/s1. The van der Waals surface area contributed by atoms with Crippen molar-refractivity contribution in [1.82, 2.24) is 20.3 Å². The predicted octanol–water partition coefficient (Wildman–Crippen LogP) is 1.86. The van der Waals surface area contributed by atoms with Gasteiger partial charge in [0.25, 0.3) is 0 Å². The highest BCUT2D eigenvalue weighted by molar-refractivity contribution is 5.02. The Morgan fingerprint density at radius 1 is 1.22 bits per heavy atom. The molecule has 0 radical (unpaired) electrons. The Labute approximate surface area is 104 Å². The van der Waals surface area contributed by atoms with Crippen molar-refractivity contribution in [2.75, 3.05) is 0 Å². The van der Waals surface area contributed by atoms with E-state index < -0.39 is 0 Å². The molecule has 0 saturated heterocycles. The molecule has 6 nitrogen and oxygen atoms in total. The number of rotatable bonds is 4. The van der Waals surface area contributed by atoms with Crippen LogP contribution in [-0.4, -0.2) is 20.3 Å². The summed E-state index contributed by atoms with van der Waals surface area (Å²) >= 11 is 0. The highest BCUT2D eigenvalue weighted by Crippen LogP contribution is 2.20. The third kappa shape index (κ3) is 2.47. The fourth-order valence-corrected chi connectivity index (χ4v) is 2.09. The lowest BCUT2D eigenvalue weighted by Gasteiger charge is -2.00. The first-order valence-electron chi connectivity index (χ1n) is 6.07. The minimum Gasteiger partial charge on any atom is -0.340 e. The van der Waals surface area contributed by atoms with E-state index in [1.807, 2.05) is 0 Å². The van der Waals surface area contributed by atoms with Gasteiger partial charge in [0.2, 0.25) is 11.8 Å². The summed E-state index contributed by atoms with van der Waals surface area (Å²) in [6, 6.07) is 0. The normalized spacial score (nSPS) is 18.6. The van der Waals surface area contributed by atoms with Gasteiger partial charge in [0, 0.05) is 13.3 Å². The van der Waals surface area contributed by atoms with Gasteiger partial charge in [-0.25, -0.2) is 0 Å². The molecule has 6 heteroatoms. The first-order valence-corrected chi connectivity index (χ1v) is 6.07. The van der Waals surface area contributed by atoms with Crippen molar-refractivity contribution in [1.29, 1.82) is 0 Å². The summed E-state index contributed by atoms with van der Waals surface area (Å²) in [5.74, 6) is 2.95. The molecule has 0 saturated carbocycles. The third-order valence-electron chi connectivity index (χ3n) is 2.95. The SMILES string of the molecule is Cc1nc(Cc2noc(C[C@H]3C=CCC3)n2)no1. The maximum absolute atomic E-state index is 5.22. The molecule has 1 atom stereocenters. The smallest absolute Gasteiger partial charge is 0.227 e. The molecule has 0 unspecified atom stereocenters. The van der Waals surface area contributed by atoms with E-state index in [-0.39, 0.29) is 0 Å². The zero-order valence-electron chi connectivity index (χ0n) is 10.2. The summed E-state index contributed by atoms with van der Waals surface area (Å²) in [5.41, 5.74) is 0. The van der Waals surface area contributed by atoms with Gasteiger partial charge in [-0.15, -0.1) is 0 Å². The Morgan fingerprint density at radius 3 is 2.78 bits per heavy atom. The minimum atomic E-state index is 0.446. The Balaban J connectivity index is 1.64. The van der Waals surface area contributed by atoms with Gasteiger partial charge >= 0.3 is 0 Å². The second kappa shape index (κ2) is 4.72. The van der Waals surface area contributed by atoms with Gasteiger partial charge in [-0.3, -0.25) is 0 Å². The molecule has 18 heavy (non-hydrogen) atoms. The lowest BCUT2D eigenvalue weighted by Crippen LogP contribution is -1.98. The van der Waals surface area contributed by atoms with Crippen LogP contribution in [0.5, 0.6) is 0 Å². The summed E-state index contributed by atoms with van der Waals surface area (Å²) in [6.07, 6.45) is 7.99. The summed E-state index contributed by atoms with van der Waals surface area (Å²) < 4.78 is 10.1. The maximum atomic E-state index is 5.22. The van der Waals surface area contributed by atoms with E-state index in [0.29, 0.717) is 35.8 Å². The molecule has 0 fully saturated rings. The van der Waals surface area contributed by atoms with Crippen LogP contribution in [-0.2, 0) is 12.8 Å². The van der Waals surface area contributed by atoms with Gasteiger partial charge in [-0.1, -0.05) is 22.5 Å². The Hall–Kier alpha value is -1.98. The first-order chi connectivity index (χ1) is 8.79. The molecule has 0 aromatic carbocycles. The van der Waals surface area contributed by atoms with Crippen LogP contribution >= 0.6 is 0 Å². The fourth-order valence-electron chi connectivity index (χ4n) is 2.09. The van der Waals surface area contributed by atoms with E-state index in [2.05, 4.69) is 32.4 Å². The summed E-state index contributed by atoms with van der Waals surface area (Å²) in [4.78, 5) is 8.45. The number of aryl methyl sites for hydroxylation is 1. The number of aromatic nitrogens is 4. The van der Waals surface area contributed by atoms with Crippen LogP contribution < -0.4 is 0 Å². The average molecular weight is 246 g/mol. The first kappa shape index (κ1) is 11.1. The molecule has 2 aromatic heterocycles. The van der Waals surface area contributed by atoms with Crippen molar-refractivity contribution >= 4 is 0 Å². The third-order valence-corrected chi connectivity index (χ3v) is 2.95. The van der Waals surface area contributed by atoms with Crippen molar-refractivity contribution in [2.45, 2.75) is 32.6 Å². The minimum absolute atomic E-state index is 0.446. The number of nitrogens with zero attached hydrogens (tertiary/aromatic N) is 4. The average Bonchev–Trinajstić information content (AvgIpc) is 3.04. The van der Waals surface area contributed by atoms with E-state index >= 15 is 0 Å². The van der Waals surface area contributed by atoms with Crippen molar-refractivity contribution in [3.63, 3.8) is 0 Å². The molecule has 0 aliphatic heterocycles.